The summed E-state index contributed by atoms with van der Waals surface area (Å²) < 4.78 is 5.55. The van der Waals surface area contributed by atoms with E-state index in [-0.39, 0.29) is 24.0 Å². The largest absolute Gasteiger partial charge is 0.461 e. The molecule has 3 amide bonds. The Labute approximate surface area is 149 Å². The summed E-state index contributed by atoms with van der Waals surface area (Å²) in [5.74, 6) is -0.0863. The van der Waals surface area contributed by atoms with E-state index in [0.29, 0.717) is 18.8 Å². The van der Waals surface area contributed by atoms with Crippen LogP contribution in [0.2, 0.25) is 0 Å². The molecule has 0 unspecified atom stereocenters. The lowest BCUT2D eigenvalue weighted by molar-refractivity contribution is -0.154. The van der Waals surface area contributed by atoms with E-state index in [4.69, 9.17) is 4.74 Å². The summed E-state index contributed by atoms with van der Waals surface area (Å²) in [7, 11) is 0. The number of nitrogens with one attached hydrogen (secondary N) is 1. The van der Waals surface area contributed by atoms with Gasteiger partial charge >= 0.3 is 12.0 Å². The first-order valence-corrected chi connectivity index (χ1v) is 9.55. The van der Waals surface area contributed by atoms with Gasteiger partial charge in [-0.05, 0) is 49.9 Å². The Kier molecular flexibility index (Phi) is 4.82. The molecule has 0 aromatic heterocycles. The van der Waals surface area contributed by atoms with Gasteiger partial charge in [0.1, 0.15) is 18.2 Å². The van der Waals surface area contributed by atoms with Crippen LogP contribution in [0.15, 0.2) is 0 Å². The van der Waals surface area contributed by atoms with Crippen LogP contribution in [0, 0.1) is 11.3 Å². The SMILES string of the molecule is CC(C)(C)C1CCC(OC(=O)CN2C(=O)NC3(CCCC3)C2=O)CC1. The van der Waals surface area contributed by atoms with E-state index in [1.165, 1.54) is 0 Å². The number of nitrogens with zero attached hydrogens (tertiary/aromatic N) is 1. The summed E-state index contributed by atoms with van der Waals surface area (Å²) >= 11 is 0. The number of rotatable bonds is 3. The highest BCUT2D eigenvalue weighted by atomic mass is 16.5. The van der Waals surface area contributed by atoms with Crippen molar-refractivity contribution in [2.75, 3.05) is 6.54 Å². The zero-order chi connectivity index (χ0) is 18.2. The van der Waals surface area contributed by atoms with Crippen molar-refractivity contribution < 1.29 is 19.1 Å². The van der Waals surface area contributed by atoms with E-state index in [9.17, 15) is 14.4 Å². The van der Waals surface area contributed by atoms with Crippen LogP contribution in [0.1, 0.15) is 72.1 Å². The second kappa shape index (κ2) is 6.61. The molecule has 1 aliphatic heterocycles. The molecule has 0 aromatic carbocycles. The maximum absolute atomic E-state index is 12.6. The number of amides is 3. The number of ether oxygens (including phenoxy) is 1. The normalized spacial score (nSPS) is 29.2. The molecule has 0 atom stereocenters. The van der Waals surface area contributed by atoms with Gasteiger partial charge in [0.05, 0.1) is 0 Å². The molecular formula is C19H30N2O4. The molecule has 2 saturated carbocycles. The van der Waals surface area contributed by atoms with Gasteiger partial charge in [0, 0.05) is 0 Å². The van der Waals surface area contributed by atoms with E-state index in [0.717, 1.165) is 43.4 Å². The minimum atomic E-state index is -0.762. The molecule has 3 aliphatic rings. The maximum Gasteiger partial charge on any atom is 0.326 e. The number of hydrogen-bond donors (Lipinski definition) is 1. The second-order valence-electron chi connectivity index (χ2n) is 8.94. The molecule has 0 aromatic rings. The van der Waals surface area contributed by atoms with E-state index in [2.05, 4.69) is 26.1 Å². The third-order valence-electron chi connectivity index (χ3n) is 6.19. The Balaban J connectivity index is 1.50. The highest BCUT2D eigenvalue weighted by Gasteiger charge is 2.52. The van der Waals surface area contributed by atoms with Crippen molar-refractivity contribution in [2.24, 2.45) is 11.3 Å². The van der Waals surface area contributed by atoms with Gasteiger partial charge in [0.2, 0.25) is 0 Å². The third kappa shape index (κ3) is 3.67. The standard InChI is InChI=1S/C19H30N2O4/c1-18(2,3)13-6-8-14(9-7-13)25-15(22)12-21-16(23)19(20-17(21)24)10-4-5-11-19/h13-14H,4-12H2,1-3H3,(H,20,24). The predicted molar refractivity (Wildman–Crippen MR) is 92.7 cm³/mol. The summed E-state index contributed by atoms with van der Waals surface area (Å²) in [4.78, 5) is 37.9. The minimum absolute atomic E-state index is 0.0905. The lowest BCUT2D eigenvalue weighted by atomic mass is 9.72. The lowest BCUT2D eigenvalue weighted by Crippen LogP contribution is -2.44. The van der Waals surface area contributed by atoms with Crippen molar-refractivity contribution in [1.29, 1.82) is 0 Å². The van der Waals surface area contributed by atoms with Gasteiger partial charge < -0.3 is 10.1 Å². The number of imide groups is 1. The average Bonchev–Trinajstić information content (AvgIpc) is 3.08. The van der Waals surface area contributed by atoms with E-state index < -0.39 is 17.5 Å². The number of carbonyl (C=O) groups excluding carboxylic acids is 3. The Hall–Kier alpha value is -1.59. The first-order valence-electron chi connectivity index (χ1n) is 9.55. The predicted octanol–water partition coefficient (Wildman–Crippen LogP) is 3.00. The van der Waals surface area contributed by atoms with Gasteiger partial charge in [-0.25, -0.2) is 4.79 Å². The van der Waals surface area contributed by atoms with Crippen molar-refractivity contribution in [1.82, 2.24) is 10.2 Å². The summed E-state index contributed by atoms with van der Waals surface area (Å²) in [6.45, 7) is 6.48. The van der Waals surface area contributed by atoms with Crippen LogP contribution >= 0.6 is 0 Å². The molecule has 2 aliphatic carbocycles. The number of carbonyl (C=O) groups is 3. The first kappa shape index (κ1) is 18.2. The molecule has 25 heavy (non-hydrogen) atoms. The van der Waals surface area contributed by atoms with Crippen LogP contribution in [-0.2, 0) is 14.3 Å². The van der Waals surface area contributed by atoms with Crippen LogP contribution in [0.4, 0.5) is 4.79 Å². The van der Waals surface area contributed by atoms with Crippen LogP contribution in [0.25, 0.3) is 0 Å². The van der Waals surface area contributed by atoms with Gasteiger partial charge in [0.25, 0.3) is 5.91 Å². The molecule has 3 fully saturated rings. The van der Waals surface area contributed by atoms with Gasteiger partial charge in [0.15, 0.2) is 0 Å². The summed E-state index contributed by atoms with van der Waals surface area (Å²) in [5, 5.41) is 2.79. The van der Waals surface area contributed by atoms with Crippen LogP contribution in [-0.4, -0.2) is 41.0 Å². The number of hydrogen-bond acceptors (Lipinski definition) is 4. The van der Waals surface area contributed by atoms with E-state index >= 15 is 0 Å². The molecule has 0 bridgehead atoms. The molecule has 0 radical (unpaired) electrons. The third-order valence-corrected chi connectivity index (χ3v) is 6.19. The van der Waals surface area contributed by atoms with E-state index in [1.54, 1.807) is 0 Å². The van der Waals surface area contributed by atoms with Gasteiger partial charge in [-0.2, -0.15) is 0 Å². The quantitative estimate of drug-likeness (QED) is 0.627. The molecule has 1 saturated heterocycles. The zero-order valence-electron chi connectivity index (χ0n) is 15.6. The maximum atomic E-state index is 12.6. The fourth-order valence-electron chi connectivity index (χ4n) is 4.54. The summed E-state index contributed by atoms with van der Waals surface area (Å²) in [6, 6.07) is -0.458. The Bertz CT molecular complexity index is 552. The smallest absolute Gasteiger partial charge is 0.326 e. The van der Waals surface area contributed by atoms with Gasteiger partial charge in [-0.3, -0.25) is 14.5 Å². The molecule has 6 nitrogen and oxygen atoms in total. The second-order valence-corrected chi connectivity index (χ2v) is 8.94. The van der Waals surface area contributed by atoms with Crippen molar-refractivity contribution >= 4 is 17.9 Å². The molecular weight excluding hydrogens is 320 g/mol. The monoisotopic (exact) mass is 350 g/mol. The van der Waals surface area contributed by atoms with Crippen LogP contribution < -0.4 is 5.32 Å². The van der Waals surface area contributed by atoms with Crippen LogP contribution in [0.5, 0.6) is 0 Å². The molecule has 6 heteroatoms. The summed E-state index contributed by atoms with van der Waals surface area (Å²) in [6.07, 6.45) is 6.92. The van der Waals surface area contributed by atoms with Crippen molar-refractivity contribution in [3.63, 3.8) is 0 Å². The fraction of sp³-hybridized carbons (Fsp3) is 0.842. The Morgan fingerprint density at radius 3 is 2.32 bits per heavy atom. The molecule has 1 N–H and O–H groups in total. The van der Waals surface area contributed by atoms with Gasteiger partial charge in [-0.15, -0.1) is 0 Å². The average molecular weight is 350 g/mol. The van der Waals surface area contributed by atoms with Crippen LogP contribution in [0.3, 0.4) is 0 Å². The summed E-state index contributed by atoms with van der Waals surface area (Å²) in [5.41, 5.74) is -0.479. The molecule has 3 rings (SSSR count). The first-order chi connectivity index (χ1) is 11.7. The topological polar surface area (TPSA) is 75.7 Å². The molecule has 1 heterocycles. The van der Waals surface area contributed by atoms with Gasteiger partial charge in [-0.1, -0.05) is 33.6 Å². The Morgan fingerprint density at radius 1 is 1.16 bits per heavy atom. The highest BCUT2D eigenvalue weighted by molar-refractivity contribution is 6.08. The number of esters is 1. The zero-order valence-corrected chi connectivity index (χ0v) is 15.6. The molecule has 140 valence electrons. The fourth-order valence-corrected chi connectivity index (χ4v) is 4.54. The van der Waals surface area contributed by atoms with Crippen molar-refractivity contribution in [2.45, 2.75) is 83.8 Å². The van der Waals surface area contributed by atoms with Crippen molar-refractivity contribution in [3.8, 4) is 0 Å². The number of urea groups is 1. The minimum Gasteiger partial charge on any atom is -0.461 e. The highest BCUT2D eigenvalue weighted by Crippen LogP contribution is 2.39. The Morgan fingerprint density at radius 2 is 1.76 bits per heavy atom. The lowest BCUT2D eigenvalue weighted by Gasteiger charge is -2.36. The molecule has 1 spiro atoms. The van der Waals surface area contributed by atoms with E-state index in [1.807, 2.05) is 0 Å². The van der Waals surface area contributed by atoms with Crippen molar-refractivity contribution in [3.05, 3.63) is 0 Å².